The number of fused-ring (bicyclic) bond motifs is 1. The van der Waals surface area contributed by atoms with Gasteiger partial charge in [-0.15, -0.1) is 0 Å². The summed E-state index contributed by atoms with van der Waals surface area (Å²) in [5, 5.41) is 0.562. The number of hydrogen-bond acceptors (Lipinski definition) is 2. The lowest BCUT2D eigenvalue weighted by atomic mass is 10.2. The van der Waals surface area contributed by atoms with Gasteiger partial charge in [-0.1, -0.05) is 30.3 Å². The van der Waals surface area contributed by atoms with Gasteiger partial charge in [-0.3, -0.25) is 4.79 Å². The van der Waals surface area contributed by atoms with Crippen molar-refractivity contribution in [3.05, 3.63) is 82.0 Å². The Hall–Kier alpha value is -2.68. The average molecular weight is 266 g/mol. The van der Waals surface area contributed by atoms with Crippen molar-refractivity contribution in [3.63, 3.8) is 0 Å². The van der Waals surface area contributed by atoms with Crippen molar-refractivity contribution in [3.8, 4) is 0 Å². The smallest absolute Gasteiger partial charge is 0.193 e. The number of halogens is 1. The Morgan fingerprint density at radius 2 is 1.70 bits per heavy atom. The maximum absolute atomic E-state index is 12.8. The molecule has 3 aromatic rings. The zero-order chi connectivity index (χ0) is 13.9. The summed E-state index contributed by atoms with van der Waals surface area (Å²) in [6, 6.07) is 14.6. The third-order valence-corrected chi connectivity index (χ3v) is 2.96. The molecule has 20 heavy (non-hydrogen) atoms. The van der Waals surface area contributed by atoms with Crippen molar-refractivity contribution in [1.29, 1.82) is 0 Å². The quantitative estimate of drug-likeness (QED) is 0.699. The summed E-state index contributed by atoms with van der Waals surface area (Å²) >= 11 is 0. The first-order valence-electron chi connectivity index (χ1n) is 6.19. The molecule has 0 spiro atoms. The van der Waals surface area contributed by atoms with E-state index in [1.54, 1.807) is 42.5 Å². The molecule has 0 unspecified atom stereocenters. The van der Waals surface area contributed by atoms with Crippen molar-refractivity contribution in [2.45, 2.75) is 0 Å². The highest BCUT2D eigenvalue weighted by Gasteiger charge is 2.01. The fourth-order valence-corrected chi connectivity index (χ4v) is 1.96. The molecular weight excluding hydrogens is 255 g/mol. The van der Waals surface area contributed by atoms with E-state index in [1.807, 2.05) is 6.07 Å². The molecule has 0 N–H and O–H groups in total. The largest absolute Gasteiger partial charge is 0.456 e. The van der Waals surface area contributed by atoms with E-state index in [4.69, 9.17) is 4.42 Å². The van der Waals surface area contributed by atoms with Crippen molar-refractivity contribution >= 4 is 23.1 Å². The lowest BCUT2D eigenvalue weighted by Crippen LogP contribution is -1.99. The second kappa shape index (κ2) is 5.13. The highest BCUT2D eigenvalue weighted by molar-refractivity contribution is 5.78. The SMILES string of the molecule is O=c1cc(/C=C/c2ccc(F)cc2)oc2ccccc12. The third-order valence-electron chi connectivity index (χ3n) is 2.96. The molecule has 98 valence electrons. The first-order valence-corrected chi connectivity index (χ1v) is 6.19. The van der Waals surface area contributed by atoms with Crippen LogP contribution in [0.2, 0.25) is 0 Å². The van der Waals surface area contributed by atoms with Crippen molar-refractivity contribution < 1.29 is 8.81 Å². The summed E-state index contributed by atoms with van der Waals surface area (Å²) in [5.41, 5.74) is 1.31. The van der Waals surface area contributed by atoms with Gasteiger partial charge in [-0.2, -0.15) is 0 Å². The van der Waals surface area contributed by atoms with Crippen LogP contribution in [0.5, 0.6) is 0 Å². The molecule has 3 rings (SSSR count). The summed E-state index contributed by atoms with van der Waals surface area (Å²) < 4.78 is 18.4. The van der Waals surface area contributed by atoms with Crippen LogP contribution in [-0.2, 0) is 0 Å². The van der Waals surface area contributed by atoms with Crippen LogP contribution in [0.25, 0.3) is 23.1 Å². The molecule has 3 heteroatoms. The van der Waals surface area contributed by atoms with Gasteiger partial charge in [0, 0.05) is 6.07 Å². The van der Waals surface area contributed by atoms with Gasteiger partial charge in [0.15, 0.2) is 5.43 Å². The van der Waals surface area contributed by atoms with Gasteiger partial charge in [0.25, 0.3) is 0 Å². The van der Waals surface area contributed by atoms with Crippen LogP contribution in [0.1, 0.15) is 11.3 Å². The molecule has 0 aliphatic rings. The zero-order valence-corrected chi connectivity index (χ0v) is 10.5. The molecule has 2 nitrogen and oxygen atoms in total. The Morgan fingerprint density at radius 3 is 2.50 bits per heavy atom. The van der Waals surface area contributed by atoms with Gasteiger partial charge < -0.3 is 4.42 Å². The van der Waals surface area contributed by atoms with Crippen LogP contribution in [0.4, 0.5) is 4.39 Å². The van der Waals surface area contributed by atoms with Gasteiger partial charge in [-0.05, 0) is 35.9 Å². The molecule has 0 atom stereocenters. The molecule has 0 saturated heterocycles. The standard InChI is InChI=1S/C17H11FO2/c18-13-8-5-12(6-9-13)7-10-14-11-16(19)15-3-1-2-4-17(15)20-14/h1-11H/b10-7+. The van der Waals surface area contributed by atoms with Gasteiger partial charge in [0.05, 0.1) is 5.39 Å². The summed E-state index contributed by atoms with van der Waals surface area (Å²) in [6.07, 6.45) is 3.47. The van der Waals surface area contributed by atoms with E-state index in [2.05, 4.69) is 0 Å². The second-order valence-corrected chi connectivity index (χ2v) is 4.39. The number of rotatable bonds is 2. The maximum Gasteiger partial charge on any atom is 0.193 e. The number of benzene rings is 2. The topological polar surface area (TPSA) is 30.2 Å². The van der Waals surface area contributed by atoms with Crippen LogP contribution in [-0.4, -0.2) is 0 Å². The van der Waals surface area contributed by atoms with Crippen molar-refractivity contribution in [2.75, 3.05) is 0 Å². The minimum Gasteiger partial charge on any atom is -0.456 e. The molecule has 2 aromatic carbocycles. The van der Waals surface area contributed by atoms with Gasteiger partial charge in [0.1, 0.15) is 17.2 Å². The predicted octanol–water partition coefficient (Wildman–Crippen LogP) is 4.10. The summed E-state index contributed by atoms with van der Waals surface area (Å²) in [6.45, 7) is 0. The summed E-state index contributed by atoms with van der Waals surface area (Å²) in [4.78, 5) is 11.9. The van der Waals surface area contributed by atoms with Crippen LogP contribution in [0, 0.1) is 5.82 Å². The molecule has 0 saturated carbocycles. The van der Waals surface area contributed by atoms with Gasteiger partial charge in [-0.25, -0.2) is 4.39 Å². The fourth-order valence-electron chi connectivity index (χ4n) is 1.96. The molecular formula is C17H11FO2. The summed E-state index contributed by atoms with van der Waals surface area (Å²) in [5.74, 6) is 0.192. The fraction of sp³-hybridized carbons (Fsp3) is 0. The van der Waals surface area contributed by atoms with Crippen LogP contribution in [0.15, 0.2) is 63.8 Å². The number of para-hydroxylation sites is 1. The number of hydrogen-bond donors (Lipinski definition) is 0. The van der Waals surface area contributed by atoms with Crippen LogP contribution >= 0.6 is 0 Å². The van der Waals surface area contributed by atoms with E-state index >= 15 is 0 Å². The molecule has 1 aromatic heterocycles. The predicted molar refractivity (Wildman–Crippen MR) is 77.8 cm³/mol. The minimum atomic E-state index is -0.278. The Morgan fingerprint density at radius 1 is 0.950 bits per heavy atom. The molecule has 0 bridgehead atoms. The van der Waals surface area contributed by atoms with E-state index in [1.165, 1.54) is 18.2 Å². The van der Waals surface area contributed by atoms with Gasteiger partial charge >= 0.3 is 0 Å². The lowest BCUT2D eigenvalue weighted by Gasteiger charge is -1.98. The van der Waals surface area contributed by atoms with E-state index in [0.29, 0.717) is 16.7 Å². The van der Waals surface area contributed by atoms with E-state index < -0.39 is 0 Å². The first-order chi connectivity index (χ1) is 9.72. The zero-order valence-electron chi connectivity index (χ0n) is 10.5. The highest BCUT2D eigenvalue weighted by atomic mass is 19.1. The van der Waals surface area contributed by atoms with Crippen LogP contribution in [0.3, 0.4) is 0 Å². The normalized spacial score (nSPS) is 11.2. The minimum absolute atomic E-state index is 0.0781. The van der Waals surface area contributed by atoms with Crippen molar-refractivity contribution in [2.24, 2.45) is 0 Å². The Bertz CT molecular complexity index is 829. The first kappa shape index (κ1) is 12.4. The highest BCUT2D eigenvalue weighted by Crippen LogP contribution is 2.14. The van der Waals surface area contributed by atoms with E-state index in [-0.39, 0.29) is 11.2 Å². The monoisotopic (exact) mass is 266 g/mol. The maximum atomic E-state index is 12.8. The molecule has 0 radical (unpaired) electrons. The molecule has 0 amide bonds. The van der Waals surface area contributed by atoms with Crippen molar-refractivity contribution in [1.82, 2.24) is 0 Å². The average Bonchev–Trinajstić information content (AvgIpc) is 2.47. The second-order valence-electron chi connectivity index (χ2n) is 4.39. The van der Waals surface area contributed by atoms with E-state index in [0.717, 1.165) is 5.56 Å². The summed E-state index contributed by atoms with van der Waals surface area (Å²) in [7, 11) is 0. The molecule has 0 fully saturated rings. The molecule has 0 aliphatic heterocycles. The van der Waals surface area contributed by atoms with Gasteiger partial charge in [0.2, 0.25) is 0 Å². The lowest BCUT2D eigenvalue weighted by molar-refractivity contribution is 0.591. The van der Waals surface area contributed by atoms with E-state index in [9.17, 15) is 9.18 Å². The third kappa shape index (κ3) is 2.52. The molecule has 0 aliphatic carbocycles. The van der Waals surface area contributed by atoms with Crippen LogP contribution < -0.4 is 5.43 Å². The Kier molecular flexibility index (Phi) is 3.17. The Labute approximate surface area is 114 Å². The molecule has 1 heterocycles. The Balaban J connectivity index is 1.98.